The predicted molar refractivity (Wildman–Crippen MR) is 157 cm³/mol. The van der Waals surface area contributed by atoms with E-state index in [1.807, 2.05) is 47.3 Å². The van der Waals surface area contributed by atoms with E-state index in [1.165, 1.54) is 47.3 Å². The second-order valence-electron chi connectivity index (χ2n) is 10.4. The van der Waals surface area contributed by atoms with E-state index in [9.17, 15) is 14.4 Å². The fourth-order valence-electron chi connectivity index (χ4n) is 5.13. The van der Waals surface area contributed by atoms with Crippen LogP contribution in [-0.2, 0) is 34.4 Å². The lowest BCUT2D eigenvalue weighted by atomic mass is 9.95. The van der Waals surface area contributed by atoms with E-state index in [4.69, 9.17) is 4.74 Å². The van der Waals surface area contributed by atoms with Crippen LogP contribution in [0.3, 0.4) is 0 Å². The van der Waals surface area contributed by atoms with Crippen LogP contribution < -0.4 is 10.6 Å². The minimum Gasteiger partial charge on any atom is -0.445 e. The van der Waals surface area contributed by atoms with Crippen LogP contribution in [0, 0.1) is 0 Å². The Hall–Kier alpha value is -3.45. The van der Waals surface area contributed by atoms with Crippen molar-refractivity contribution in [3.63, 3.8) is 0 Å². The molecule has 1 saturated heterocycles. The summed E-state index contributed by atoms with van der Waals surface area (Å²) >= 11 is 2.69. The number of hydrogen-bond acceptors (Lipinski definition) is 9. The highest BCUT2D eigenvalue weighted by molar-refractivity contribution is 7.99. The highest BCUT2D eigenvalue weighted by atomic mass is 32.2. The van der Waals surface area contributed by atoms with Gasteiger partial charge in [-0.2, -0.15) is 0 Å². The van der Waals surface area contributed by atoms with Crippen LogP contribution in [0.1, 0.15) is 62.0 Å². The molecule has 0 radical (unpaired) electrons. The van der Waals surface area contributed by atoms with Crippen molar-refractivity contribution < 1.29 is 19.1 Å². The van der Waals surface area contributed by atoms with Gasteiger partial charge < -0.3 is 19.9 Å². The van der Waals surface area contributed by atoms with E-state index in [-0.39, 0.29) is 24.5 Å². The molecule has 2 fully saturated rings. The standard InChI is InChI=1S/C28H35N7O4S2/c1-34-23(32-33-27(34)41-18-24(36)29-20-11-6-3-7-12-20)15-21-17-40-26(30-21)31-25(37)22-13-8-14-35(22)28(38)39-16-19-9-4-2-5-10-19/h2,4-5,9-10,17,20,22H,3,6-8,11-16,18H2,1H3,(H,29,36)(H,30,31,37). The third-order valence-electron chi connectivity index (χ3n) is 7.34. The van der Waals surface area contributed by atoms with Crippen molar-refractivity contribution in [1.82, 2.24) is 30.0 Å². The number of aromatic nitrogens is 4. The molecule has 3 aromatic rings. The molecule has 1 aliphatic carbocycles. The van der Waals surface area contributed by atoms with Crippen LogP contribution in [0.4, 0.5) is 9.93 Å². The lowest BCUT2D eigenvalue weighted by Gasteiger charge is -2.22. The van der Waals surface area contributed by atoms with Crippen molar-refractivity contribution in [2.24, 2.45) is 7.05 Å². The predicted octanol–water partition coefficient (Wildman–Crippen LogP) is 4.14. The maximum absolute atomic E-state index is 13.0. The number of thiazole rings is 1. The summed E-state index contributed by atoms with van der Waals surface area (Å²) < 4.78 is 7.31. The first-order valence-electron chi connectivity index (χ1n) is 14.0. The first-order chi connectivity index (χ1) is 20.0. The van der Waals surface area contributed by atoms with Gasteiger partial charge in [0.25, 0.3) is 0 Å². The average molecular weight is 598 g/mol. The molecule has 0 bridgehead atoms. The Balaban J connectivity index is 1.10. The molecule has 5 rings (SSSR count). The van der Waals surface area contributed by atoms with E-state index in [0.29, 0.717) is 41.3 Å². The summed E-state index contributed by atoms with van der Waals surface area (Å²) in [4.78, 5) is 44.1. The number of hydrogen-bond donors (Lipinski definition) is 2. The smallest absolute Gasteiger partial charge is 0.410 e. The fourth-order valence-corrected chi connectivity index (χ4v) is 6.58. The van der Waals surface area contributed by atoms with Crippen molar-refractivity contribution in [1.29, 1.82) is 0 Å². The van der Waals surface area contributed by atoms with Crippen LogP contribution >= 0.6 is 23.1 Å². The second-order valence-corrected chi connectivity index (χ2v) is 12.2. The Bertz CT molecular complexity index is 1340. The molecular weight excluding hydrogens is 562 g/mol. The number of anilines is 1. The van der Waals surface area contributed by atoms with E-state index >= 15 is 0 Å². The Morgan fingerprint density at radius 3 is 2.68 bits per heavy atom. The minimum absolute atomic E-state index is 0.0246. The normalized spacial score (nSPS) is 17.4. The van der Waals surface area contributed by atoms with E-state index < -0.39 is 12.1 Å². The van der Waals surface area contributed by atoms with E-state index in [2.05, 4.69) is 25.8 Å². The molecule has 0 spiro atoms. The topological polar surface area (TPSA) is 131 Å². The van der Waals surface area contributed by atoms with Crippen LogP contribution in [0.5, 0.6) is 0 Å². The summed E-state index contributed by atoms with van der Waals surface area (Å²) in [5.74, 6) is 0.764. The van der Waals surface area contributed by atoms with Crippen molar-refractivity contribution in [2.45, 2.75) is 75.2 Å². The van der Waals surface area contributed by atoms with Gasteiger partial charge in [0.2, 0.25) is 11.8 Å². The molecule has 1 atom stereocenters. The number of benzene rings is 1. The van der Waals surface area contributed by atoms with Crippen LogP contribution in [0.25, 0.3) is 0 Å². The van der Waals surface area contributed by atoms with Gasteiger partial charge in [0.1, 0.15) is 18.5 Å². The molecule has 1 saturated carbocycles. The number of carbonyl (C=O) groups excluding carboxylic acids is 3. The number of rotatable bonds is 10. The molecular formula is C28H35N7O4S2. The van der Waals surface area contributed by atoms with Gasteiger partial charge >= 0.3 is 6.09 Å². The summed E-state index contributed by atoms with van der Waals surface area (Å²) in [6, 6.07) is 9.15. The zero-order valence-electron chi connectivity index (χ0n) is 23.1. The number of amides is 3. The Morgan fingerprint density at radius 1 is 1.07 bits per heavy atom. The lowest BCUT2D eigenvalue weighted by Crippen LogP contribution is -2.43. The zero-order chi connectivity index (χ0) is 28.6. The van der Waals surface area contributed by atoms with Gasteiger partial charge in [0.15, 0.2) is 10.3 Å². The van der Waals surface area contributed by atoms with Gasteiger partial charge in [-0.1, -0.05) is 61.4 Å². The van der Waals surface area contributed by atoms with Crippen molar-refractivity contribution in [2.75, 3.05) is 17.6 Å². The van der Waals surface area contributed by atoms with Crippen LogP contribution in [-0.4, -0.2) is 66.9 Å². The molecule has 2 aromatic heterocycles. The molecule has 2 N–H and O–H groups in total. The maximum atomic E-state index is 13.0. The van der Waals surface area contributed by atoms with Gasteiger partial charge in [0, 0.05) is 25.0 Å². The van der Waals surface area contributed by atoms with Crippen LogP contribution in [0.15, 0.2) is 40.9 Å². The highest BCUT2D eigenvalue weighted by Gasteiger charge is 2.35. The Kier molecular flexibility index (Phi) is 9.88. The molecule has 13 heteroatoms. The molecule has 1 aliphatic heterocycles. The molecule has 41 heavy (non-hydrogen) atoms. The van der Waals surface area contributed by atoms with Gasteiger partial charge in [0.05, 0.1) is 17.9 Å². The summed E-state index contributed by atoms with van der Waals surface area (Å²) in [7, 11) is 1.87. The van der Waals surface area contributed by atoms with Crippen LogP contribution in [0.2, 0.25) is 0 Å². The molecule has 1 aromatic carbocycles. The third-order valence-corrected chi connectivity index (χ3v) is 9.17. The SMILES string of the molecule is Cn1c(Cc2csc(NC(=O)C3CCCN3C(=O)OCc3ccccc3)n2)nnc1SCC(=O)NC1CCCCC1. The number of likely N-dealkylation sites (tertiary alicyclic amines) is 1. The molecule has 11 nitrogen and oxygen atoms in total. The number of thioether (sulfide) groups is 1. The van der Waals surface area contributed by atoms with Crippen molar-refractivity contribution in [3.05, 3.63) is 52.8 Å². The molecule has 3 heterocycles. The summed E-state index contributed by atoms with van der Waals surface area (Å²) in [6.45, 7) is 0.639. The maximum Gasteiger partial charge on any atom is 0.410 e. The van der Waals surface area contributed by atoms with Gasteiger partial charge in [-0.15, -0.1) is 21.5 Å². The monoisotopic (exact) mass is 597 g/mol. The summed E-state index contributed by atoms with van der Waals surface area (Å²) in [5, 5.41) is 17.5. The fraction of sp³-hybridized carbons (Fsp3) is 0.500. The van der Waals surface area contributed by atoms with Gasteiger partial charge in [-0.05, 0) is 31.2 Å². The van der Waals surface area contributed by atoms with E-state index in [0.717, 1.165) is 30.5 Å². The number of nitrogens with one attached hydrogen (secondary N) is 2. The van der Waals surface area contributed by atoms with Gasteiger partial charge in [-0.25, -0.2) is 9.78 Å². The summed E-state index contributed by atoms with van der Waals surface area (Å²) in [6.07, 6.45) is 6.97. The number of carbonyl (C=O) groups is 3. The summed E-state index contributed by atoms with van der Waals surface area (Å²) in [5.41, 5.74) is 1.64. The molecule has 3 amide bonds. The third kappa shape index (κ3) is 7.85. The first-order valence-corrected chi connectivity index (χ1v) is 15.9. The Morgan fingerprint density at radius 2 is 1.88 bits per heavy atom. The lowest BCUT2D eigenvalue weighted by molar-refractivity contribution is -0.120. The average Bonchev–Trinajstić information content (AvgIpc) is 3.73. The number of ether oxygens (including phenoxy) is 1. The highest BCUT2D eigenvalue weighted by Crippen LogP contribution is 2.24. The second kappa shape index (κ2) is 13.9. The van der Waals surface area contributed by atoms with Crippen molar-refractivity contribution >= 4 is 46.1 Å². The number of nitrogens with zero attached hydrogens (tertiary/aromatic N) is 5. The Labute approximate surface area is 247 Å². The molecule has 2 aliphatic rings. The van der Waals surface area contributed by atoms with E-state index in [1.54, 1.807) is 0 Å². The quantitative estimate of drug-likeness (QED) is 0.334. The molecule has 218 valence electrons. The zero-order valence-corrected chi connectivity index (χ0v) is 24.7. The van der Waals surface area contributed by atoms with Gasteiger partial charge in [-0.3, -0.25) is 14.5 Å². The minimum atomic E-state index is -0.598. The largest absolute Gasteiger partial charge is 0.445 e. The first kappa shape index (κ1) is 29.1. The van der Waals surface area contributed by atoms with Crippen molar-refractivity contribution in [3.8, 4) is 0 Å². The molecule has 1 unspecified atom stereocenters.